The van der Waals surface area contributed by atoms with Gasteiger partial charge in [-0.3, -0.25) is 4.57 Å². The van der Waals surface area contributed by atoms with Crippen LogP contribution < -0.4 is 0 Å². The number of para-hydroxylation sites is 1. The predicted molar refractivity (Wildman–Crippen MR) is 114 cm³/mol. The lowest BCUT2D eigenvalue weighted by Gasteiger charge is -2.35. The van der Waals surface area contributed by atoms with Gasteiger partial charge in [0.25, 0.3) is 0 Å². The highest BCUT2D eigenvalue weighted by Gasteiger charge is 2.29. The Morgan fingerprint density at radius 2 is 1.68 bits per heavy atom. The normalized spacial score (nSPS) is 19.8. The van der Waals surface area contributed by atoms with Gasteiger partial charge in [0, 0.05) is 24.2 Å². The maximum atomic E-state index is 4.60. The molecule has 2 atom stereocenters. The zero-order valence-electron chi connectivity index (χ0n) is 17.0. The van der Waals surface area contributed by atoms with Crippen molar-refractivity contribution in [1.82, 2.24) is 19.7 Å². The molecule has 0 N–H and O–H groups in total. The summed E-state index contributed by atoms with van der Waals surface area (Å²) >= 11 is 0. The van der Waals surface area contributed by atoms with E-state index in [1.807, 2.05) is 0 Å². The van der Waals surface area contributed by atoms with E-state index in [9.17, 15) is 0 Å². The number of nitrogens with zero attached hydrogens (tertiary/aromatic N) is 4. The molecular weight excluding hydrogens is 344 g/mol. The maximum Gasteiger partial charge on any atom is 0.140 e. The SMILES string of the molecule is Cc1nnc([C@H]2CCC[C@@H](N(C)CCc3ccccc3)C2)n1-c1ccccc1. The van der Waals surface area contributed by atoms with Crippen LogP contribution in [0.15, 0.2) is 60.7 Å². The average molecular weight is 375 g/mol. The number of hydrogen-bond donors (Lipinski definition) is 0. The molecular formula is C24H30N4. The molecule has 0 bridgehead atoms. The minimum absolute atomic E-state index is 0.472. The molecule has 0 unspecified atom stereocenters. The van der Waals surface area contributed by atoms with E-state index in [0.29, 0.717) is 12.0 Å². The van der Waals surface area contributed by atoms with Gasteiger partial charge in [0.2, 0.25) is 0 Å². The van der Waals surface area contributed by atoms with Crippen molar-refractivity contribution in [2.75, 3.05) is 13.6 Å². The Morgan fingerprint density at radius 3 is 2.43 bits per heavy atom. The van der Waals surface area contributed by atoms with Gasteiger partial charge < -0.3 is 4.90 Å². The van der Waals surface area contributed by atoms with E-state index in [1.165, 1.54) is 30.5 Å². The topological polar surface area (TPSA) is 34.0 Å². The highest BCUT2D eigenvalue weighted by atomic mass is 15.3. The van der Waals surface area contributed by atoms with Crippen LogP contribution in [0.25, 0.3) is 5.69 Å². The molecule has 0 aliphatic heterocycles. The standard InChI is InChI=1S/C24H30N4/c1-19-25-26-24(28(19)22-13-7-4-8-14-22)21-12-9-15-23(18-21)27(2)17-16-20-10-5-3-6-11-20/h3-8,10-11,13-14,21,23H,9,12,15-18H2,1-2H3/t21-,23+/m0/s1. The van der Waals surface area contributed by atoms with E-state index in [-0.39, 0.29) is 0 Å². The lowest BCUT2D eigenvalue weighted by atomic mass is 9.84. The van der Waals surface area contributed by atoms with Crippen molar-refractivity contribution in [2.24, 2.45) is 0 Å². The first-order chi connectivity index (χ1) is 13.7. The minimum Gasteiger partial charge on any atom is -0.303 e. The van der Waals surface area contributed by atoms with Gasteiger partial charge in [0.05, 0.1) is 0 Å². The molecule has 0 spiro atoms. The molecule has 0 amide bonds. The fourth-order valence-electron chi connectivity index (χ4n) is 4.47. The summed E-state index contributed by atoms with van der Waals surface area (Å²) < 4.78 is 2.25. The second-order valence-corrected chi connectivity index (χ2v) is 8.01. The van der Waals surface area contributed by atoms with Crippen molar-refractivity contribution in [3.05, 3.63) is 77.9 Å². The van der Waals surface area contributed by atoms with Crippen LogP contribution in [0.4, 0.5) is 0 Å². The van der Waals surface area contributed by atoms with Crippen LogP contribution in [0.2, 0.25) is 0 Å². The number of benzene rings is 2. The first kappa shape index (κ1) is 18.9. The molecule has 3 aromatic rings. The van der Waals surface area contributed by atoms with E-state index in [1.54, 1.807) is 0 Å². The fraction of sp³-hybridized carbons (Fsp3) is 0.417. The molecule has 0 radical (unpaired) electrons. The summed E-state index contributed by atoms with van der Waals surface area (Å²) in [6.45, 7) is 3.15. The second-order valence-electron chi connectivity index (χ2n) is 8.01. The Labute approximate surface area is 168 Å². The highest BCUT2D eigenvalue weighted by Crippen LogP contribution is 2.35. The fourth-order valence-corrected chi connectivity index (χ4v) is 4.47. The van der Waals surface area contributed by atoms with Crippen molar-refractivity contribution >= 4 is 0 Å². The van der Waals surface area contributed by atoms with Crippen molar-refractivity contribution in [3.63, 3.8) is 0 Å². The molecule has 0 saturated heterocycles. The molecule has 4 rings (SSSR count). The van der Waals surface area contributed by atoms with Crippen LogP contribution in [-0.4, -0.2) is 39.3 Å². The number of hydrogen-bond acceptors (Lipinski definition) is 3. The van der Waals surface area contributed by atoms with Gasteiger partial charge in [-0.15, -0.1) is 10.2 Å². The third-order valence-electron chi connectivity index (χ3n) is 6.10. The second kappa shape index (κ2) is 8.70. The molecule has 1 aliphatic carbocycles. The van der Waals surface area contributed by atoms with Crippen molar-refractivity contribution in [3.8, 4) is 5.69 Å². The van der Waals surface area contributed by atoms with Gasteiger partial charge in [-0.1, -0.05) is 55.0 Å². The molecule has 28 heavy (non-hydrogen) atoms. The Kier molecular flexibility index (Phi) is 5.87. The quantitative estimate of drug-likeness (QED) is 0.623. The van der Waals surface area contributed by atoms with Crippen molar-refractivity contribution < 1.29 is 0 Å². The predicted octanol–water partition coefficient (Wildman–Crippen LogP) is 4.78. The molecule has 2 aromatic carbocycles. The summed E-state index contributed by atoms with van der Waals surface area (Å²) in [6, 6.07) is 21.9. The Balaban J connectivity index is 1.46. The van der Waals surface area contributed by atoms with E-state index in [2.05, 4.69) is 94.3 Å². The van der Waals surface area contributed by atoms with Crippen LogP contribution in [-0.2, 0) is 6.42 Å². The lowest BCUT2D eigenvalue weighted by molar-refractivity contribution is 0.178. The van der Waals surface area contributed by atoms with Crippen molar-refractivity contribution in [1.29, 1.82) is 0 Å². The zero-order chi connectivity index (χ0) is 19.3. The summed E-state index contributed by atoms with van der Waals surface area (Å²) in [6.07, 6.45) is 6.01. The Bertz CT molecular complexity index is 872. The van der Waals surface area contributed by atoms with Crippen LogP contribution >= 0.6 is 0 Å². The number of likely N-dealkylation sites (N-methyl/N-ethyl adjacent to an activating group) is 1. The summed E-state index contributed by atoms with van der Waals surface area (Å²) in [4.78, 5) is 2.55. The molecule has 146 valence electrons. The van der Waals surface area contributed by atoms with Crippen LogP contribution in [0, 0.1) is 6.92 Å². The monoisotopic (exact) mass is 374 g/mol. The van der Waals surface area contributed by atoms with Gasteiger partial charge >= 0.3 is 0 Å². The first-order valence-electron chi connectivity index (χ1n) is 10.4. The summed E-state index contributed by atoms with van der Waals surface area (Å²) in [5.74, 6) is 2.57. The van der Waals surface area contributed by atoms with E-state index in [0.717, 1.165) is 31.0 Å². The minimum atomic E-state index is 0.472. The van der Waals surface area contributed by atoms with Gasteiger partial charge in [0.15, 0.2) is 0 Å². The third-order valence-corrected chi connectivity index (χ3v) is 6.10. The smallest absolute Gasteiger partial charge is 0.140 e. The lowest BCUT2D eigenvalue weighted by Crippen LogP contribution is -2.37. The molecule has 4 nitrogen and oxygen atoms in total. The van der Waals surface area contributed by atoms with Crippen LogP contribution in [0.5, 0.6) is 0 Å². The first-order valence-corrected chi connectivity index (χ1v) is 10.4. The molecule has 4 heteroatoms. The summed E-state index contributed by atoms with van der Waals surface area (Å²) in [5.41, 5.74) is 2.58. The Morgan fingerprint density at radius 1 is 0.964 bits per heavy atom. The summed E-state index contributed by atoms with van der Waals surface area (Å²) in [5, 5.41) is 9.01. The molecule has 1 aromatic heterocycles. The van der Waals surface area contributed by atoms with E-state index >= 15 is 0 Å². The van der Waals surface area contributed by atoms with E-state index in [4.69, 9.17) is 0 Å². The number of aryl methyl sites for hydroxylation is 1. The van der Waals surface area contributed by atoms with Crippen LogP contribution in [0.3, 0.4) is 0 Å². The maximum absolute atomic E-state index is 4.60. The molecule has 1 heterocycles. The average Bonchev–Trinajstić information content (AvgIpc) is 3.15. The molecule has 1 aliphatic rings. The summed E-state index contributed by atoms with van der Waals surface area (Å²) in [7, 11) is 2.28. The third kappa shape index (κ3) is 4.17. The Hall–Kier alpha value is -2.46. The number of aromatic nitrogens is 3. The van der Waals surface area contributed by atoms with Gasteiger partial charge in [-0.2, -0.15) is 0 Å². The highest BCUT2D eigenvalue weighted by molar-refractivity contribution is 5.34. The van der Waals surface area contributed by atoms with Gasteiger partial charge in [-0.05, 0) is 57.4 Å². The van der Waals surface area contributed by atoms with E-state index < -0.39 is 0 Å². The largest absolute Gasteiger partial charge is 0.303 e. The molecule has 1 fully saturated rings. The zero-order valence-corrected chi connectivity index (χ0v) is 17.0. The number of rotatable bonds is 6. The van der Waals surface area contributed by atoms with Crippen LogP contribution in [0.1, 0.15) is 48.8 Å². The van der Waals surface area contributed by atoms with Gasteiger partial charge in [-0.25, -0.2) is 0 Å². The molecule has 1 saturated carbocycles. The van der Waals surface area contributed by atoms with Gasteiger partial charge in [0.1, 0.15) is 11.6 Å². The van der Waals surface area contributed by atoms with Crippen molar-refractivity contribution in [2.45, 2.75) is 51.0 Å².